The van der Waals surface area contributed by atoms with Gasteiger partial charge in [-0.25, -0.2) is 4.79 Å². The molecule has 2 saturated carbocycles. The third-order valence-corrected chi connectivity index (χ3v) is 7.77. The molecule has 0 aliphatic heterocycles. The summed E-state index contributed by atoms with van der Waals surface area (Å²) in [7, 11) is 0. The van der Waals surface area contributed by atoms with E-state index in [0.29, 0.717) is 5.92 Å². The van der Waals surface area contributed by atoms with E-state index in [9.17, 15) is 28.2 Å². The van der Waals surface area contributed by atoms with Gasteiger partial charge in [0.05, 0.1) is 18.8 Å². The molecule has 0 spiro atoms. The topological polar surface area (TPSA) is 70.0 Å². The molecular weight excluding hydrogens is 459 g/mol. The largest absolute Gasteiger partial charge is 0.490 e. The highest BCUT2D eigenvalue weighted by atomic mass is 19.4. The zero-order valence-electron chi connectivity index (χ0n) is 20.1. The number of ether oxygens (including phenoxy) is 1. The second kappa shape index (κ2) is 10.6. The number of nitrogens with zero attached hydrogens (tertiary/aromatic N) is 1. The first-order valence-corrected chi connectivity index (χ1v) is 12.6. The normalized spacial score (nSPS) is 22.7. The highest BCUT2D eigenvalue weighted by molar-refractivity contribution is 5.95. The van der Waals surface area contributed by atoms with Gasteiger partial charge in [0, 0.05) is 5.69 Å². The lowest BCUT2D eigenvalue weighted by Gasteiger charge is -2.36. The number of fused-ring (bicyclic) bond motifs is 1. The average molecular weight is 494 g/mol. The highest BCUT2D eigenvalue weighted by Gasteiger charge is 2.38. The lowest BCUT2D eigenvalue weighted by atomic mass is 9.73. The summed E-state index contributed by atoms with van der Waals surface area (Å²) in [6.07, 6.45) is 3.83. The smallest absolute Gasteiger partial charge is 0.420 e. The van der Waals surface area contributed by atoms with Crippen molar-refractivity contribution in [1.29, 1.82) is 0 Å². The second-order valence-electron chi connectivity index (χ2n) is 10.1. The molecule has 2 aliphatic rings. The van der Waals surface area contributed by atoms with Gasteiger partial charge in [-0.05, 0) is 73.4 Å². The Morgan fingerprint density at radius 3 is 2.29 bits per heavy atom. The van der Waals surface area contributed by atoms with Crippen molar-refractivity contribution >= 4 is 22.6 Å². The van der Waals surface area contributed by atoms with Gasteiger partial charge in [-0.3, -0.25) is 4.90 Å². The molecule has 0 bridgehead atoms. The van der Waals surface area contributed by atoms with Gasteiger partial charge >= 0.3 is 12.3 Å². The van der Waals surface area contributed by atoms with Crippen LogP contribution in [0.3, 0.4) is 0 Å². The van der Waals surface area contributed by atoms with E-state index >= 15 is 0 Å². The molecule has 0 saturated heterocycles. The van der Waals surface area contributed by atoms with Gasteiger partial charge < -0.3 is 14.9 Å². The summed E-state index contributed by atoms with van der Waals surface area (Å²) in [6, 6.07) is 6.20. The van der Waals surface area contributed by atoms with Crippen LogP contribution in [0.4, 0.5) is 23.7 Å². The van der Waals surface area contributed by atoms with Gasteiger partial charge in [-0.15, -0.1) is 0 Å². The monoisotopic (exact) mass is 493 g/mol. The number of aliphatic hydroxyl groups excluding tert-OH is 1. The number of halogens is 3. The quantitative estimate of drug-likeness (QED) is 0.445. The fourth-order valence-corrected chi connectivity index (χ4v) is 5.94. The number of amides is 1. The SMILES string of the molecule is CC(CO)N(C(=O)O)c1ccc2c(C(F)(F)F)c(OC3CCC(C4CCCCC4)CC3)ccc2c1. The maximum Gasteiger partial charge on any atom is 0.420 e. The summed E-state index contributed by atoms with van der Waals surface area (Å²) in [5, 5.41) is 19.2. The van der Waals surface area contributed by atoms with E-state index in [1.54, 1.807) is 6.07 Å². The number of hydrogen-bond acceptors (Lipinski definition) is 3. The number of rotatable bonds is 6. The number of hydrogen-bond donors (Lipinski definition) is 2. The van der Waals surface area contributed by atoms with E-state index in [1.807, 2.05) is 0 Å². The Balaban J connectivity index is 1.57. The summed E-state index contributed by atoms with van der Waals surface area (Å²) < 4.78 is 48.5. The van der Waals surface area contributed by atoms with E-state index in [0.717, 1.165) is 36.5 Å². The third-order valence-electron chi connectivity index (χ3n) is 7.77. The van der Waals surface area contributed by atoms with Crippen molar-refractivity contribution in [3.63, 3.8) is 0 Å². The predicted molar refractivity (Wildman–Crippen MR) is 129 cm³/mol. The lowest BCUT2D eigenvalue weighted by Crippen LogP contribution is -2.39. The first-order valence-electron chi connectivity index (χ1n) is 12.6. The molecule has 2 fully saturated rings. The standard InChI is InChI=1S/C27H34F3NO4/c1-17(16-32)31(26(33)34)21-10-13-23-20(15-21)9-14-24(25(23)27(28,29)30)35-22-11-7-19(8-12-22)18-5-3-2-4-6-18/h9-10,13-15,17-19,22,32H,2-8,11-12,16H2,1H3,(H,33,34). The number of carbonyl (C=O) groups is 1. The fraction of sp³-hybridized carbons (Fsp3) is 0.593. The van der Waals surface area contributed by atoms with Crippen LogP contribution in [-0.4, -0.2) is 35.1 Å². The number of benzene rings is 2. The Labute approximate surface area is 203 Å². The van der Waals surface area contributed by atoms with Crippen LogP contribution >= 0.6 is 0 Å². The maximum absolute atomic E-state index is 14.2. The zero-order chi connectivity index (χ0) is 25.2. The van der Waals surface area contributed by atoms with E-state index in [2.05, 4.69) is 0 Å². The van der Waals surface area contributed by atoms with Gasteiger partial charge in [-0.2, -0.15) is 13.2 Å². The minimum Gasteiger partial charge on any atom is -0.490 e. The molecule has 2 aliphatic carbocycles. The van der Waals surface area contributed by atoms with Crippen molar-refractivity contribution in [3.05, 3.63) is 35.9 Å². The molecule has 0 radical (unpaired) electrons. The Kier molecular flexibility index (Phi) is 7.79. The average Bonchev–Trinajstić information content (AvgIpc) is 2.84. The Bertz CT molecular complexity index is 1030. The van der Waals surface area contributed by atoms with Gasteiger partial charge in [-0.1, -0.05) is 44.2 Å². The van der Waals surface area contributed by atoms with Gasteiger partial charge in [0.1, 0.15) is 11.3 Å². The molecule has 0 aromatic heterocycles. The Morgan fingerprint density at radius 2 is 1.69 bits per heavy atom. The van der Waals surface area contributed by atoms with Crippen molar-refractivity contribution in [2.24, 2.45) is 11.8 Å². The molecule has 1 amide bonds. The molecule has 192 valence electrons. The van der Waals surface area contributed by atoms with E-state index in [1.165, 1.54) is 63.3 Å². The molecule has 1 atom stereocenters. The Morgan fingerprint density at radius 1 is 1.03 bits per heavy atom. The highest BCUT2D eigenvalue weighted by Crippen LogP contribution is 2.44. The predicted octanol–water partition coefficient (Wildman–Crippen LogP) is 7.24. The molecule has 5 nitrogen and oxygen atoms in total. The number of carboxylic acid groups (broad SMARTS) is 1. The van der Waals surface area contributed by atoms with Crippen LogP contribution in [-0.2, 0) is 6.18 Å². The third kappa shape index (κ3) is 5.68. The number of anilines is 1. The molecule has 2 N–H and O–H groups in total. The molecule has 0 heterocycles. The van der Waals surface area contributed by atoms with Crippen LogP contribution in [0.15, 0.2) is 30.3 Å². The van der Waals surface area contributed by atoms with Crippen molar-refractivity contribution < 1.29 is 32.9 Å². The molecule has 2 aromatic rings. The Hall–Kier alpha value is -2.48. The van der Waals surface area contributed by atoms with Crippen LogP contribution < -0.4 is 9.64 Å². The van der Waals surface area contributed by atoms with E-state index in [-0.39, 0.29) is 28.3 Å². The minimum absolute atomic E-state index is 0.0309. The summed E-state index contributed by atoms with van der Waals surface area (Å²) in [5.74, 6) is 1.24. The number of alkyl halides is 3. The lowest BCUT2D eigenvalue weighted by molar-refractivity contribution is -0.138. The second-order valence-corrected chi connectivity index (χ2v) is 10.1. The van der Waals surface area contributed by atoms with Gasteiger partial charge in [0.25, 0.3) is 0 Å². The van der Waals surface area contributed by atoms with Gasteiger partial charge in [0.15, 0.2) is 0 Å². The van der Waals surface area contributed by atoms with Gasteiger partial charge in [0.2, 0.25) is 0 Å². The molecule has 8 heteroatoms. The molecule has 1 unspecified atom stereocenters. The van der Waals surface area contributed by atoms with Crippen molar-refractivity contribution in [2.45, 2.75) is 83.0 Å². The van der Waals surface area contributed by atoms with E-state index in [4.69, 9.17) is 4.74 Å². The molecule has 35 heavy (non-hydrogen) atoms. The summed E-state index contributed by atoms with van der Waals surface area (Å²) in [5.41, 5.74) is -0.623. The van der Waals surface area contributed by atoms with Crippen molar-refractivity contribution in [2.75, 3.05) is 11.5 Å². The van der Waals surface area contributed by atoms with Crippen LogP contribution in [0.5, 0.6) is 5.75 Å². The van der Waals surface area contributed by atoms with Crippen LogP contribution in [0.25, 0.3) is 10.8 Å². The first kappa shape index (κ1) is 25.6. The number of aliphatic hydroxyl groups is 1. The van der Waals surface area contributed by atoms with Crippen molar-refractivity contribution in [1.82, 2.24) is 0 Å². The van der Waals surface area contributed by atoms with E-state index < -0.39 is 30.5 Å². The minimum atomic E-state index is -4.62. The van der Waals surface area contributed by atoms with Crippen LogP contribution in [0.1, 0.15) is 70.3 Å². The zero-order valence-corrected chi connectivity index (χ0v) is 20.1. The van der Waals surface area contributed by atoms with Crippen LogP contribution in [0, 0.1) is 11.8 Å². The van der Waals surface area contributed by atoms with Crippen molar-refractivity contribution in [3.8, 4) is 5.75 Å². The molecular formula is C27H34F3NO4. The molecule has 4 rings (SSSR count). The fourth-order valence-electron chi connectivity index (χ4n) is 5.94. The summed E-state index contributed by atoms with van der Waals surface area (Å²) >= 11 is 0. The maximum atomic E-state index is 14.2. The first-order chi connectivity index (χ1) is 16.7. The molecule has 2 aromatic carbocycles. The summed E-state index contributed by atoms with van der Waals surface area (Å²) in [4.78, 5) is 12.6. The summed E-state index contributed by atoms with van der Waals surface area (Å²) in [6.45, 7) is 1.12. The van der Waals surface area contributed by atoms with Crippen LogP contribution in [0.2, 0.25) is 0 Å².